The molecule has 1 fully saturated rings. The van der Waals surface area contributed by atoms with Gasteiger partial charge in [-0.05, 0) is 25.5 Å². The lowest BCUT2D eigenvalue weighted by Gasteiger charge is -2.09. The molecule has 2 aromatic rings. The first-order valence-electron chi connectivity index (χ1n) is 6.56. The van der Waals surface area contributed by atoms with Crippen molar-refractivity contribution in [2.75, 3.05) is 6.54 Å². The second-order valence-corrected chi connectivity index (χ2v) is 4.96. The molecule has 0 radical (unpaired) electrons. The number of aryl methyl sites for hydroxylation is 1. The molecule has 1 aliphatic rings. The highest BCUT2D eigenvalue weighted by Gasteiger charge is 2.22. The molecule has 1 atom stereocenters. The summed E-state index contributed by atoms with van der Waals surface area (Å²) in [7, 11) is 0. The van der Waals surface area contributed by atoms with Crippen molar-refractivity contribution in [3.63, 3.8) is 0 Å². The zero-order chi connectivity index (χ0) is 14.1. The molecule has 2 aromatic heterocycles. The molecule has 0 unspecified atom stereocenters. The fraction of sp³-hybridized carbons (Fsp3) is 0.357. The highest BCUT2D eigenvalue weighted by molar-refractivity contribution is 5.95. The number of aromatic nitrogens is 1. The third kappa shape index (κ3) is 2.49. The summed E-state index contributed by atoms with van der Waals surface area (Å²) in [6.07, 6.45) is 1.27. The van der Waals surface area contributed by atoms with Crippen molar-refractivity contribution >= 4 is 22.9 Å². The first-order valence-corrected chi connectivity index (χ1v) is 6.56. The van der Waals surface area contributed by atoms with E-state index in [0.29, 0.717) is 24.1 Å². The Hall–Kier alpha value is -2.37. The third-order valence-electron chi connectivity index (χ3n) is 3.33. The van der Waals surface area contributed by atoms with Crippen LogP contribution < -0.4 is 10.6 Å². The van der Waals surface area contributed by atoms with Crippen molar-refractivity contribution in [1.82, 2.24) is 15.6 Å². The molecule has 6 heteroatoms. The van der Waals surface area contributed by atoms with Crippen molar-refractivity contribution in [1.29, 1.82) is 0 Å². The van der Waals surface area contributed by atoms with Gasteiger partial charge in [0.2, 0.25) is 5.91 Å². The van der Waals surface area contributed by atoms with Gasteiger partial charge >= 0.3 is 0 Å². The molecule has 1 aliphatic heterocycles. The van der Waals surface area contributed by atoms with Gasteiger partial charge in [0.05, 0.1) is 0 Å². The molecule has 104 valence electrons. The summed E-state index contributed by atoms with van der Waals surface area (Å²) in [5.41, 5.74) is 2.14. The van der Waals surface area contributed by atoms with E-state index in [1.54, 1.807) is 12.1 Å². The molecule has 0 aromatic carbocycles. The van der Waals surface area contributed by atoms with Crippen LogP contribution >= 0.6 is 0 Å². The highest BCUT2D eigenvalue weighted by Crippen LogP contribution is 2.17. The van der Waals surface area contributed by atoms with Crippen LogP contribution in [0.3, 0.4) is 0 Å². The lowest BCUT2D eigenvalue weighted by Crippen LogP contribution is -2.38. The SMILES string of the molecule is Cc1ccc2oc(C(=O)NC[C@H]3CCC(=O)N3)cc2n1. The minimum Gasteiger partial charge on any atom is -0.449 e. The summed E-state index contributed by atoms with van der Waals surface area (Å²) in [6, 6.07) is 5.27. The molecule has 0 aliphatic carbocycles. The van der Waals surface area contributed by atoms with Gasteiger partial charge in [-0.1, -0.05) is 0 Å². The van der Waals surface area contributed by atoms with E-state index in [2.05, 4.69) is 15.6 Å². The first-order chi connectivity index (χ1) is 9.61. The highest BCUT2D eigenvalue weighted by atomic mass is 16.3. The van der Waals surface area contributed by atoms with E-state index in [1.807, 2.05) is 13.0 Å². The van der Waals surface area contributed by atoms with Crippen LogP contribution in [-0.4, -0.2) is 29.4 Å². The monoisotopic (exact) mass is 273 g/mol. The minimum atomic E-state index is -0.290. The van der Waals surface area contributed by atoms with Gasteiger partial charge in [0, 0.05) is 30.8 Å². The van der Waals surface area contributed by atoms with Crippen molar-refractivity contribution in [2.45, 2.75) is 25.8 Å². The second kappa shape index (κ2) is 4.96. The van der Waals surface area contributed by atoms with Crippen LogP contribution in [0.5, 0.6) is 0 Å². The summed E-state index contributed by atoms with van der Waals surface area (Å²) in [4.78, 5) is 27.4. The Balaban J connectivity index is 1.67. The number of hydrogen-bond acceptors (Lipinski definition) is 4. The van der Waals surface area contributed by atoms with Crippen LogP contribution in [0.25, 0.3) is 11.1 Å². The van der Waals surface area contributed by atoms with Gasteiger partial charge in [0.1, 0.15) is 5.52 Å². The quantitative estimate of drug-likeness (QED) is 0.878. The van der Waals surface area contributed by atoms with E-state index in [1.165, 1.54) is 0 Å². The molecule has 2 N–H and O–H groups in total. The predicted octanol–water partition coefficient (Wildman–Crippen LogP) is 1.14. The summed E-state index contributed by atoms with van der Waals surface area (Å²) in [5, 5.41) is 5.56. The standard InChI is InChI=1S/C14H15N3O3/c1-8-2-4-11-10(16-8)6-12(20-11)14(19)15-7-9-3-5-13(18)17-9/h2,4,6,9H,3,5,7H2,1H3,(H,15,19)(H,17,18)/t9-/m1/s1. The van der Waals surface area contributed by atoms with Crippen LogP contribution in [0.1, 0.15) is 29.1 Å². The summed E-state index contributed by atoms with van der Waals surface area (Å²) in [5.74, 6) is -0.0168. The Morgan fingerprint density at radius 1 is 1.55 bits per heavy atom. The van der Waals surface area contributed by atoms with E-state index in [-0.39, 0.29) is 23.6 Å². The summed E-state index contributed by atoms with van der Waals surface area (Å²) >= 11 is 0. The number of carbonyl (C=O) groups is 2. The molecule has 0 spiro atoms. The van der Waals surface area contributed by atoms with Gasteiger partial charge in [-0.15, -0.1) is 0 Å². The Kier molecular flexibility index (Phi) is 3.14. The zero-order valence-corrected chi connectivity index (χ0v) is 11.1. The van der Waals surface area contributed by atoms with Crippen molar-refractivity contribution in [3.8, 4) is 0 Å². The van der Waals surface area contributed by atoms with Crippen molar-refractivity contribution in [3.05, 3.63) is 29.7 Å². The summed E-state index contributed by atoms with van der Waals surface area (Å²) in [6.45, 7) is 2.29. The number of fused-ring (bicyclic) bond motifs is 1. The van der Waals surface area contributed by atoms with Crippen LogP contribution in [0, 0.1) is 6.92 Å². The molecule has 0 saturated carbocycles. The van der Waals surface area contributed by atoms with Crippen LogP contribution in [-0.2, 0) is 4.79 Å². The number of carbonyl (C=O) groups excluding carboxylic acids is 2. The summed E-state index contributed by atoms with van der Waals surface area (Å²) < 4.78 is 5.46. The molecule has 0 bridgehead atoms. The molecule has 1 saturated heterocycles. The molecule has 20 heavy (non-hydrogen) atoms. The zero-order valence-electron chi connectivity index (χ0n) is 11.1. The number of hydrogen-bond donors (Lipinski definition) is 2. The van der Waals surface area contributed by atoms with Crippen LogP contribution in [0.2, 0.25) is 0 Å². The van der Waals surface area contributed by atoms with Crippen LogP contribution in [0.4, 0.5) is 0 Å². The number of rotatable bonds is 3. The van der Waals surface area contributed by atoms with Crippen molar-refractivity contribution in [2.24, 2.45) is 0 Å². The van der Waals surface area contributed by atoms with Gasteiger partial charge < -0.3 is 15.1 Å². The maximum Gasteiger partial charge on any atom is 0.287 e. The van der Waals surface area contributed by atoms with E-state index in [4.69, 9.17) is 4.42 Å². The van der Waals surface area contributed by atoms with E-state index in [9.17, 15) is 9.59 Å². The van der Waals surface area contributed by atoms with E-state index < -0.39 is 0 Å². The van der Waals surface area contributed by atoms with Crippen molar-refractivity contribution < 1.29 is 14.0 Å². The number of pyridine rings is 1. The second-order valence-electron chi connectivity index (χ2n) is 4.96. The number of nitrogens with zero attached hydrogens (tertiary/aromatic N) is 1. The molecular weight excluding hydrogens is 258 g/mol. The maximum absolute atomic E-state index is 12.0. The smallest absolute Gasteiger partial charge is 0.287 e. The van der Waals surface area contributed by atoms with Gasteiger partial charge in [-0.25, -0.2) is 4.98 Å². The molecule has 2 amide bonds. The van der Waals surface area contributed by atoms with E-state index in [0.717, 1.165) is 12.1 Å². The Morgan fingerprint density at radius 2 is 2.40 bits per heavy atom. The molecular formula is C14H15N3O3. The van der Waals surface area contributed by atoms with Gasteiger partial charge in [-0.3, -0.25) is 9.59 Å². The third-order valence-corrected chi connectivity index (χ3v) is 3.33. The van der Waals surface area contributed by atoms with Gasteiger partial charge in [0.25, 0.3) is 5.91 Å². The fourth-order valence-electron chi connectivity index (χ4n) is 2.27. The van der Waals surface area contributed by atoms with E-state index >= 15 is 0 Å². The Labute approximate surface area is 115 Å². The first kappa shape index (κ1) is 12.7. The predicted molar refractivity (Wildman–Crippen MR) is 72.2 cm³/mol. The maximum atomic E-state index is 12.0. The molecule has 3 rings (SSSR count). The lowest BCUT2D eigenvalue weighted by molar-refractivity contribution is -0.119. The topological polar surface area (TPSA) is 84.2 Å². The molecule has 6 nitrogen and oxygen atoms in total. The molecule has 3 heterocycles. The fourth-order valence-corrected chi connectivity index (χ4v) is 2.27. The average molecular weight is 273 g/mol. The lowest BCUT2D eigenvalue weighted by atomic mass is 10.2. The Morgan fingerprint density at radius 3 is 3.15 bits per heavy atom. The largest absolute Gasteiger partial charge is 0.449 e. The average Bonchev–Trinajstić information content (AvgIpc) is 3.01. The Bertz CT molecular complexity index is 677. The number of furan rings is 1. The number of nitrogens with one attached hydrogen (secondary N) is 2. The van der Waals surface area contributed by atoms with Crippen LogP contribution in [0.15, 0.2) is 22.6 Å². The number of amides is 2. The minimum absolute atomic E-state index is 0.0104. The van der Waals surface area contributed by atoms with Gasteiger partial charge in [0.15, 0.2) is 11.3 Å². The van der Waals surface area contributed by atoms with Gasteiger partial charge in [-0.2, -0.15) is 0 Å². The normalized spacial score (nSPS) is 18.2.